The monoisotopic (exact) mass is 223 g/mol. The Morgan fingerprint density at radius 2 is 2.38 bits per heavy atom. The molecule has 1 spiro atoms. The van der Waals surface area contributed by atoms with E-state index in [1.54, 1.807) is 0 Å². The standard InChI is InChI=1S/C11H17N3O2/c1-8-13-9(5-14(8)2)10-11(6-15-7-11)16-4-3-12-10/h5,10,12H,3-4,6-7H2,1-2H3. The normalized spacial score (nSPS) is 28.0. The molecular formula is C11H17N3O2. The fourth-order valence-corrected chi connectivity index (χ4v) is 2.38. The van der Waals surface area contributed by atoms with Gasteiger partial charge in [0.1, 0.15) is 11.4 Å². The molecule has 0 bridgehead atoms. The van der Waals surface area contributed by atoms with Crippen molar-refractivity contribution in [3.8, 4) is 0 Å². The number of ether oxygens (including phenoxy) is 2. The van der Waals surface area contributed by atoms with Crippen molar-refractivity contribution in [2.24, 2.45) is 7.05 Å². The van der Waals surface area contributed by atoms with Gasteiger partial charge in [-0.05, 0) is 6.92 Å². The molecule has 0 aliphatic carbocycles. The van der Waals surface area contributed by atoms with Crippen molar-refractivity contribution in [1.29, 1.82) is 0 Å². The molecule has 88 valence electrons. The summed E-state index contributed by atoms with van der Waals surface area (Å²) in [5.74, 6) is 1.03. The molecule has 0 amide bonds. The van der Waals surface area contributed by atoms with Crippen LogP contribution in [0.5, 0.6) is 0 Å². The van der Waals surface area contributed by atoms with Crippen LogP contribution in [0.3, 0.4) is 0 Å². The number of aryl methyl sites for hydroxylation is 2. The van der Waals surface area contributed by atoms with E-state index in [9.17, 15) is 0 Å². The summed E-state index contributed by atoms with van der Waals surface area (Å²) >= 11 is 0. The largest absolute Gasteiger partial charge is 0.375 e. The minimum Gasteiger partial charge on any atom is -0.375 e. The average molecular weight is 223 g/mol. The fourth-order valence-electron chi connectivity index (χ4n) is 2.38. The van der Waals surface area contributed by atoms with Gasteiger partial charge in [0, 0.05) is 19.8 Å². The Kier molecular flexibility index (Phi) is 2.27. The Balaban J connectivity index is 1.91. The fraction of sp³-hybridized carbons (Fsp3) is 0.727. The summed E-state index contributed by atoms with van der Waals surface area (Å²) in [7, 11) is 2.01. The highest BCUT2D eigenvalue weighted by Gasteiger charge is 2.50. The first-order valence-corrected chi connectivity index (χ1v) is 5.66. The van der Waals surface area contributed by atoms with E-state index in [0.717, 1.165) is 24.7 Å². The van der Waals surface area contributed by atoms with Crippen LogP contribution in [0.25, 0.3) is 0 Å². The maximum Gasteiger partial charge on any atom is 0.136 e. The van der Waals surface area contributed by atoms with E-state index in [0.29, 0.717) is 13.2 Å². The first-order valence-electron chi connectivity index (χ1n) is 5.66. The quantitative estimate of drug-likeness (QED) is 0.736. The third kappa shape index (κ3) is 1.39. The first kappa shape index (κ1) is 10.3. The Labute approximate surface area is 94.8 Å². The van der Waals surface area contributed by atoms with Gasteiger partial charge in [0.25, 0.3) is 0 Å². The van der Waals surface area contributed by atoms with Crippen LogP contribution in [-0.4, -0.2) is 41.5 Å². The number of imidazole rings is 1. The lowest BCUT2D eigenvalue weighted by atomic mass is 9.88. The van der Waals surface area contributed by atoms with Gasteiger partial charge in [0.05, 0.1) is 31.6 Å². The lowest BCUT2D eigenvalue weighted by Gasteiger charge is -2.49. The van der Waals surface area contributed by atoms with E-state index in [1.807, 2.05) is 18.5 Å². The molecule has 1 aromatic rings. The highest BCUT2D eigenvalue weighted by atomic mass is 16.6. The van der Waals surface area contributed by atoms with Gasteiger partial charge >= 0.3 is 0 Å². The van der Waals surface area contributed by atoms with Crippen LogP contribution in [0.15, 0.2) is 6.20 Å². The number of hydrogen-bond donors (Lipinski definition) is 1. The second kappa shape index (κ2) is 3.55. The molecule has 5 heteroatoms. The van der Waals surface area contributed by atoms with Crippen molar-refractivity contribution in [1.82, 2.24) is 14.9 Å². The predicted molar refractivity (Wildman–Crippen MR) is 58.2 cm³/mol. The van der Waals surface area contributed by atoms with Gasteiger partial charge in [0.2, 0.25) is 0 Å². The van der Waals surface area contributed by atoms with Crippen LogP contribution in [0.4, 0.5) is 0 Å². The van der Waals surface area contributed by atoms with Gasteiger partial charge < -0.3 is 19.4 Å². The zero-order valence-electron chi connectivity index (χ0n) is 9.69. The summed E-state index contributed by atoms with van der Waals surface area (Å²) in [4.78, 5) is 4.58. The van der Waals surface area contributed by atoms with Gasteiger partial charge in [0.15, 0.2) is 0 Å². The molecular weight excluding hydrogens is 206 g/mol. The molecule has 2 aliphatic heterocycles. The lowest BCUT2D eigenvalue weighted by Crippen LogP contribution is -2.63. The van der Waals surface area contributed by atoms with E-state index >= 15 is 0 Å². The van der Waals surface area contributed by atoms with E-state index < -0.39 is 0 Å². The average Bonchev–Trinajstić information content (AvgIpc) is 2.57. The molecule has 16 heavy (non-hydrogen) atoms. The number of nitrogens with one attached hydrogen (secondary N) is 1. The second-order valence-electron chi connectivity index (χ2n) is 4.62. The molecule has 1 N–H and O–H groups in total. The summed E-state index contributed by atoms with van der Waals surface area (Å²) < 4.78 is 13.2. The van der Waals surface area contributed by atoms with Crippen LogP contribution in [0.1, 0.15) is 17.6 Å². The van der Waals surface area contributed by atoms with Crippen molar-refractivity contribution >= 4 is 0 Å². The topological polar surface area (TPSA) is 48.3 Å². The smallest absolute Gasteiger partial charge is 0.136 e. The molecule has 0 saturated carbocycles. The van der Waals surface area contributed by atoms with Crippen LogP contribution >= 0.6 is 0 Å². The van der Waals surface area contributed by atoms with Gasteiger partial charge in [-0.15, -0.1) is 0 Å². The van der Waals surface area contributed by atoms with Crippen molar-refractivity contribution in [2.45, 2.75) is 18.6 Å². The second-order valence-corrected chi connectivity index (χ2v) is 4.62. The van der Waals surface area contributed by atoms with Gasteiger partial charge in [-0.3, -0.25) is 0 Å². The van der Waals surface area contributed by atoms with Crippen molar-refractivity contribution in [3.05, 3.63) is 17.7 Å². The Morgan fingerprint density at radius 1 is 1.56 bits per heavy atom. The van der Waals surface area contributed by atoms with E-state index in [4.69, 9.17) is 9.47 Å². The minimum atomic E-state index is -0.182. The molecule has 3 heterocycles. The summed E-state index contributed by atoms with van der Waals surface area (Å²) in [6.45, 7) is 4.98. The summed E-state index contributed by atoms with van der Waals surface area (Å²) in [5.41, 5.74) is 0.877. The van der Waals surface area contributed by atoms with Gasteiger partial charge in [-0.25, -0.2) is 4.98 Å². The van der Waals surface area contributed by atoms with Crippen molar-refractivity contribution in [2.75, 3.05) is 26.4 Å². The summed E-state index contributed by atoms with van der Waals surface area (Å²) in [5, 5.41) is 3.49. The molecule has 1 aromatic heterocycles. The van der Waals surface area contributed by atoms with Crippen molar-refractivity contribution in [3.63, 3.8) is 0 Å². The van der Waals surface area contributed by atoms with Crippen LogP contribution in [-0.2, 0) is 16.5 Å². The van der Waals surface area contributed by atoms with E-state index in [2.05, 4.69) is 16.5 Å². The zero-order chi connectivity index (χ0) is 11.2. The Morgan fingerprint density at radius 3 is 2.94 bits per heavy atom. The van der Waals surface area contributed by atoms with Gasteiger partial charge in [-0.2, -0.15) is 0 Å². The van der Waals surface area contributed by atoms with Crippen LogP contribution in [0.2, 0.25) is 0 Å². The molecule has 0 aromatic carbocycles. The molecule has 0 radical (unpaired) electrons. The SMILES string of the molecule is Cc1nc(C2NCCOC23COC3)cn1C. The maximum atomic E-state index is 5.88. The Hall–Kier alpha value is -0.910. The first-order chi connectivity index (χ1) is 7.71. The molecule has 1 atom stereocenters. The third-order valence-electron chi connectivity index (χ3n) is 3.48. The molecule has 3 rings (SSSR count). The summed E-state index contributed by atoms with van der Waals surface area (Å²) in [6.07, 6.45) is 2.07. The number of aromatic nitrogens is 2. The molecule has 2 aliphatic rings. The number of morpholine rings is 1. The number of nitrogens with zero attached hydrogens (tertiary/aromatic N) is 2. The molecule has 1 unspecified atom stereocenters. The molecule has 5 nitrogen and oxygen atoms in total. The molecule has 2 saturated heterocycles. The molecule has 2 fully saturated rings. The number of hydrogen-bond acceptors (Lipinski definition) is 4. The summed E-state index contributed by atoms with van der Waals surface area (Å²) in [6, 6.07) is 0.162. The van der Waals surface area contributed by atoms with Crippen LogP contribution in [0, 0.1) is 6.92 Å². The highest BCUT2D eigenvalue weighted by Crippen LogP contribution is 2.37. The minimum absolute atomic E-state index is 0.162. The van der Waals surface area contributed by atoms with E-state index in [1.165, 1.54) is 0 Å². The third-order valence-corrected chi connectivity index (χ3v) is 3.48. The Bertz CT molecular complexity index is 378. The maximum absolute atomic E-state index is 5.88. The highest BCUT2D eigenvalue weighted by molar-refractivity contribution is 5.17. The predicted octanol–water partition coefficient (Wildman–Crippen LogP) is 0.158. The van der Waals surface area contributed by atoms with Crippen LogP contribution < -0.4 is 5.32 Å². The lowest BCUT2D eigenvalue weighted by molar-refractivity contribution is -0.239. The number of rotatable bonds is 1. The van der Waals surface area contributed by atoms with E-state index in [-0.39, 0.29) is 11.6 Å². The van der Waals surface area contributed by atoms with Crippen molar-refractivity contribution < 1.29 is 9.47 Å². The zero-order valence-corrected chi connectivity index (χ0v) is 9.69. The van der Waals surface area contributed by atoms with Gasteiger partial charge in [-0.1, -0.05) is 0 Å².